The summed E-state index contributed by atoms with van der Waals surface area (Å²) >= 11 is 0. The van der Waals surface area contributed by atoms with E-state index >= 15 is 8.78 Å². The fraction of sp³-hybridized carbons (Fsp3) is 0.355. The number of H-pyrrole nitrogens is 1. The number of benzene rings is 3. The predicted molar refractivity (Wildman–Crippen MR) is 153 cm³/mol. The summed E-state index contributed by atoms with van der Waals surface area (Å²) in [5.41, 5.74) is 3.39. The SMILES string of the molecule is Cc1ccc2c(C[C@@H](C)NCC(F)(F)CO[Si](c3ccccc3)(c3ccccc3)C(C)(C)C)c[nH]c2c1. The summed E-state index contributed by atoms with van der Waals surface area (Å²) < 4.78 is 37.2. The normalized spacial score (nSPS) is 13.7. The Morgan fingerprint density at radius 1 is 0.919 bits per heavy atom. The molecule has 0 aliphatic carbocycles. The van der Waals surface area contributed by atoms with Crippen LogP contribution in [-0.4, -0.2) is 38.4 Å². The van der Waals surface area contributed by atoms with Crippen LogP contribution in [0.1, 0.15) is 38.8 Å². The number of hydrogen-bond donors (Lipinski definition) is 2. The highest BCUT2D eigenvalue weighted by atomic mass is 28.4. The number of aryl methyl sites for hydroxylation is 1. The van der Waals surface area contributed by atoms with Gasteiger partial charge in [-0.3, -0.25) is 0 Å². The van der Waals surface area contributed by atoms with Gasteiger partial charge < -0.3 is 14.7 Å². The van der Waals surface area contributed by atoms with Crippen LogP contribution in [0.25, 0.3) is 10.9 Å². The Kier molecular flexibility index (Phi) is 8.02. The first-order valence-electron chi connectivity index (χ1n) is 12.9. The van der Waals surface area contributed by atoms with Gasteiger partial charge in [0.2, 0.25) is 0 Å². The summed E-state index contributed by atoms with van der Waals surface area (Å²) in [5.74, 6) is -3.02. The molecule has 0 fully saturated rings. The molecule has 4 rings (SSSR count). The molecule has 0 amide bonds. The number of aromatic amines is 1. The molecule has 0 radical (unpaired) electrons. The monoisotopic (exact) mass is 520 g/mol. The number of nitrogens with one attached hydrogen (secondary N) is 2. The highest BCUT2D eigenvalue weighted by Gasteiger charge is 2.51. The maximum absolute atomic E-state index is 15.3. The topological polar surface area (TPSA) is 37.0 Å². The van der Waals surface area contributed by atoms with Crippen LogP contribution in [0.2, 0.25) is 5.04 Å². The quantitative estimate of drug-likeness (QED) is 0.244. The van der Waals surface area contributed by atoms with Crippen molar-refractivity contribution in [3.05, 3.63) is 96.2 Å². The lowest BCUT2D eigenvalue weighted by Gasteiger charge is -2.43. The van der Waals surface area contributed by atoms with Crippen LogP contribution >= 0.6 is 0 Å². The standard InChI is InChI=1S/C31H38F2N2OSi/c1-23-16-17-28-25(20-34-29(28)18-23)19-24(2)35-21-31(32,33)22-36-37(30(3,4)5,26-12-8-6-9-13-26)27-14-10-7-11-15-27/h6-18,20,24,34-35H,19,21-22H2,1-5H3/t24-/m1/s1. The fourth-order valence-electron chi connectivity index (χ4n) is 5.22. The maximum Gasteiger partial charge on any atom is 0.281 e. The molecule has 0 spiro atoms. The van der Waals surface area contributed by atoms with Gasteiger partial charge in [0.05, 0.1) is 13.2 Å². The molecule has 3 nitrogen and oxygen atoms in total. The zero-order valence-corrected chi connectivity index (χ0v) is 23.4. The molecule has 4 aromatic rings. The molecule has 1 aromatic heterocycles. The van der Waals surface area contributed by atoms with Gasteiger partial charge in [-0.2, -0.15) is 0 Å². The molecule has 6 heteroatoms. The zero-order chi connectivity index (χ0) is 26.7. The summed E-state index contributed by atoms with van der Waals surface area (Å²) in [6, 6.07) is 26.0. The van der Waals surface area contributed by atoms with Gasteiger partial charge in [0.15, 0.2) is 0 Å². The summed E-state index contributed by atoms with van der Waals surface area (Å²) in [5, 5.41) is 5.86. The van der Waals surface area contributed by atoms with Crippen LogP contribution < -0.4 is 15.7 Å². The third-order valence-electron chi connectivity index (χ3n) is 7.07. The molecule has 2 N–H and O–H groups in total. The molecule has 1 heterocycles. The van der Waals surface area contributed by atoms with E-state index in [1.165, 1.54) is 5.56 Å². The number of aromatic nitrogens is 1. The second kappa shape index (κ2) is 10.9. The molecule has 3 aromatic carbocycles. The average Bonchev–Trinajstić information content (AvgIpc) is 3.25. The Morgan fingerprint density at radius 2 is 1.51 bits per heavy atom. The van der Waals surface area contributed by atoms with Gasteiger partial charge >= 0.3 is 0 Å². The van der Waals surface area contributed by atoms with Gasteiger partial charge in [0.1, 0.15) is 0 Å². The molecule has 0 aliphatic rings. The van der Waals surface area contributed by atoms with Gasteiger partial charge in [-0.05, 0) is 52.9 Å². The van der Waals surface area contributed by atoms with Crippen LogP contribution in [0.4, 0.5) is 8.78 Å². The minimum Gasteiger partial charge on any atom is -0.401 e. The van der Waals surface area contributed by atoms with Crippen LogP contribution in [-0.2, 0) is 10.8 Å². The van der Waals surface area contributed by atoms with Crippen molar-refractivity contribution in [1.82, 2.24) is 10.3 Å². The van der Waals surface area contributed by atoms with E-state index in [-0.39, 0.29) is 11.1 Å². The second-order valence-electron chi connectivity index (χ2n) is 11.2. The third kappa shape index (κ3) is 6.03. The van der Waals surface area contributed by atoms with Gasteiger partial charge in [0, 0.05) is 23.1 Å². The fourth-order valence-corrected chi connectivity index (χ4v) is 9.80. The summed E-state index contributed by atoms with van der Waals surface area (Å²) in [7, 11) is -3.01. The summed E-state index contributed by atoms with van der Waals surface area (Å²) in [6.45, 7) is 9.23. The van der Waals surface area contributed by atoms with Crippen molar-refractivity contribution in [1.29, 1.82) is 0 Å². The van der Waals surface area contributed by atoms with Gasteiger partial charge in [0.25, 0.3) is 14.2 Å². The Hall–Kier alpha value is -2.80. The van der Waals surface area contributed by atoms with Crippen LogP contribution in [0.3, 0.4) is 0 Å². The maximum atomic E-state index is 15.3. The van der Waals surface area contributed by atoms with E-state index in [1.807, 2.05) is 73.8 Å². The van der Waals surface area contributed by atoms with E-state index in [4.69, 9.17) is 4.43 Å². The molecule has 0 saturated carbocycles. The minimum atomic E-state index is -3.02. The van der Waals surface area contributed by atoms with Crippen LogP contribution in [0, 0.1) is 6.92 Å². The minimum absolute atomic E-state index is 0.112. The Morgan fingerprint density at radius 3 is 2.08 bits per heavy atom. The van der Waals surface area contributed by atoms with E-state index < -0.39 is 27.4 Å². The number of alkyl halides is 2. The highest BCUT2D eigenvalue weighted by molar-refractivity contribution is 6.99. The lowest BCUT2D eigenvalue weighted by molar-refractivity contribution is -0.0433. The van der Waals surface area contributed by atoms with E-state index in [0.29, 0.717) is 6.42 Å². The molecule has 0 bridgehead atoms. The second-order valence-corrected chi connectivity index (χ2v) is 15.5. The van der Waals surface area contributed by atoms with Gasteiger partial charge in [-0.1, -0.05) is 93.6 Å². The van der Waals surface area contributed by atoms with E-state index in [0.717, 1.165) is 26.8 Å². The summed E-state index contributed by atoms with van der Waals surface area (Å²) in [6.07, 6.45) is 2.64. The van der Waals surface area contributed by atoms with Crippen molar-refractivity contribution in [3.8, 4) is 0 Å². The van der Waals surface area contributed by atoms with Crippen LogP contribution in [0.15, 0.2) is 85.1 Å². The largest absolute Gasteiger partial charge is 0.401 e. The van der Waals surface area contributed by atoms with Crippen LogP contribution in [0.5, 0.6) is 0 Å². The van der Waals surface area contributed by atoms with Crippen molar-refractivity contribution < 1.29 is 13.2 Å². The third-order valence-corrected chi connectivity index (χ3v) is 12.1. The van der Waals surface area contributed by atoms with E-state index in [1.54, 1.807) is 0 Å². The van der Waals surface area contributed by atoms with E-state index in [9.17, 15) is 0 Å². The number of fused-ring (bicyclic) bond motifs is 1. The number of halogens is 2. The Labute approximate surface area is 220 Å². The molecular formula is C31H38F2N2OSi. The van der Waals surface area contributed by atoms with Gasteiger partial charge in [-0.15, -0.1) is 0 Å². The van der Waals surface area contributed by atoms with Crippen molar-refractivity contribution >= 4 is 29.6 Å². The average molecular weight is 521 g/mol. The first-order chi connectivity index (χ1) is 17.5. The lowest BCUT2D eigenvalue weighted by atomic mass is 10.0. The zero-order valence-electron chi connectivity index (χ0n) is 22.4. The molecule has 1 atom stereocenters. The first kappa shape index (κ1) is 27.2. The van der Waals surface area contributed by atoms with Crippen molar-refractivity contribution in [2.24, 2.45) is 0 Å². The Balaban J connectivity index is 1.49. The first-order valence-corrected chi connectivity index (χ1v) is 14.9. The smallest absolute Gasteiger partial charge is 0.281 e. The summed E-state index contributed by atoms with van der Waals surface area (Å²) in [4.78, 5) is 3.30. The van der Waals surface area contributed by atoms with E-state index in [2.05, 4.69) is 56.2 Å². The molecule has 0 unspecified atom stereocenters. The molecular weight excluding hydrogens is 482 g/mol. The van der Waals surface area contributed by atoms with Gasteiger partial charge in [-0.25, -0.2) is 8.78 Å². The van der Waals surface area contributed by atoms with Crippen molar-refractivity contribution in [2.75, 3.05) is 13.2 Å². The molecule has 196 valence electrons. The van der Waals surface area contributed by atoms with Crippen molar-refractivity contribution in [3.63, 3.8) is 0 Å². The molecule has 0 saturated heterocycles. The predicted octanol–water partition coefficient (Wildman–Crippen LogP) is 6.21. The molecule has 0 aliphatic heterocycles. The lowest BCUT2D eigenvalue weighted by Crippen LogP contribution is -2.67. The highest BCUT2D eigenvalue weighted by Crippen LogP contribution is 2.37. The van der Waals surface area contributed by atoms with Crippen molar-refractivity contribution in [2.45, 2.75) is 58.0 Å². The Bertz CT molecular complexity index is 1260. The molecule has 37 heavy (non-hydrogen) atoms. The number of rotatable bonds is 10. The number of hydrogen-bond acceptors (Lipinski definition) is 2.